The smallest absolute Gasteiger partial charge is 0.0618 e. The Morgan fingerprint density at radius 3 is 2.67 bits per heavy atom. The van der Waals surface area contributed by atoms with E-state index in [2.05, 4.69) is 11.8 Å². The van der Waals surface area contributed by atoms with Crippen LogP contribution in [-0.2, 0) is 9.47 Å². The highest BCUT2D eigenvalue weighted by molar-refractivity contribution is 4.98. The summed E-state index contributed by atoms with van der Waals surface area (Å²) in [5.41, 5.74) is 0.502. The molecule has 3 heteroatoms. The van der Waals surface area contributed by atoms with E-state index >= 15 is 0 Å². The molecule has 1 atom stereocenters. The molecule has 0 radical (unpaired) electrons. The summed E-state index contributed by atoms with van der Waals surface area (Å²) in [6, 6.07) is 0.675. The van der Waals surface area contributed by atoms with Crippen LogP contribution < -0.4 is 0 Å². The predicted molar refractivity (Wildman–Crippen MR) is 60.0 cm³/mol. The van der Waals surface area contributed by atoms with Crippen LogP contribution in [0.15, 0.2) is 0 Å². The van der Waals surface area contributed by atoms with Crippen LogP contribution in [0.5, 0.6) is 0 Å². The van der Waals surface area contributed by atoms with Crippen molar-refractivity contribution in [2.75, 3.05) is 40.0 Å². The Morgan fingerprint density at radius 2 is 2.20 bits per heavy atom. The van der Waals surface area contributed by atoms with Crippen molar-refractivity contribution in [1.29, 1.82) is 0 Å². The van der Waals surface area contributed by atoms with E-state index < -0.39 is 0 Å². The maximum absolute atomic E-state index is 5.57. The molecule has 1 aliphatic carbocycles. The van der Waals surface area contributed by atoms with Gasteiger partial charge in [-0.15, -0.1) is 0 Å². The fraction of sp³-hybridized carbons (Fsp3) is 1.00. The average Bonchev–Trinajstić information content (AvgIpc) is 2.99. The summed E-state index contributed by atoms with van der Waals surface area (Å²) in [5.74, 6) is 0. The van der Waals surface area contributed by atoms with Crippen molar-refractivity contribution in [1.82, 2.24) is 4.90 Å². The second kappa shape index (κ2) is 4.81. The standard InChI is InChI=1S/C12H23NO2/c1-3-15-10-12(5-6-12)9-13-7-4-11(13)8-14-2/h11H,3-10H2,1-2H3. The zero-order valence-electron chi connectivity index (χ0n) is 10.00. The minimum absolute atomic E-state index is 0.502. The lowest BCUT2D eigenvalue weighted by Gasteiger charge is -2.42. The highest BCUT2D eigenvalue weighted by Gasteiger charge is 2.46. The van der Waals surface area contributed by atoms with E-state index in [1.807, 2.05) is 0 Å². The molecule has 0 bridgehead atoms. The van der Waals surface area contributed by atoms with Crippen LogP contribution >= 0.6 is 0 Å². The average molecular weight is 213 g/mol. The van der Waals surface area contributed by atoms with E-state index in [1.165, 1.54) is 32.4 Å². The third kappa shape index (κ3) is 2.71. The molecule has 1 heterocycles. The van der Waals surface area contributed by atoms with E-state index in [0.29, 0.717) is 11.5 Å². The van der Waals surface area contributed by atoms with Gasteiger partial charge in [-0.25, -0.2) is 0 Å². The van der Waals surface area contributed by atoms with Crippen molar-refractivity contribution in [2.45, 2.75) is 32.2 Å². The molecule has 3 nitrogen and oxygen atoms in total. The maximum atomic E-state index is 5.57. The largest absolute Gasteiger partial charge is 0.383 e. The first-order valence-electron chi connectivity index (χ1n) is 6.10. The zero-order valence-corrected chi connectivity index (χ0v) is 10.00. The number of hydrogen-bond donors (Lipinski definition) is 0. The quantitative estimate of drug-likeness (QED) is 0.640. The summed E-state index contributed by atoms with van der Waals surface area (Å²) in [4.78, 5) is 2.56. The summed E-state index contributed by atoms with van der Waals surface area (Å²) in [6.45, 7) is 7.25. The Hall–Kier alpha value is -0.120. The van der Waals surface area contributed by atoms with Crippen LogP contribution in [0.2, 0.25) is 0 Å². The molecule has 2 aliphatic rings. The molecule has 1 aliphatic heterocycles. The Morgan fingerprint density at radius 1 is 1.40 bits per heavy atom. The van der Waals surface area contributed by atoms with E-state index in [-0.39, 0.29) is 0 Å². The summed E-state index contributed by atoms with van der Waals surface area (Å²) in [5, 5.41) is 0. The van der Waals surface area contributed by atoms with Crippen molar-refractivity contribution >= 4 is 0 Å². The number of rotatable bonds is 7. The molecule has 0 spiro atoms. The van der Waals surface area contributed by atoms with Gasteiger partial charge in [0.25, 0.3) is 0 Å². The minimum Gasteiger partial charge on any atom is -0.383 e. The Bertz CT molecular complexity index is 204. The number of hydrogen-bond acceptors (Lipinski definition) is 3. The van der Waals surface area contributed by atoms with Crippen molar-refractivity contribution in [2.24, 2.45) is 5.41 Å². The van der Waals surface area contributed by atoms with Crippen LogP contribution in [0.4, 0.5) is 0 Å². The monoisotopic (exact) mass is 213 g/mol. The van der Waals surface area contributed by atoms with Gasteiger partial charge in [0.2, 0.25) is 0 Å². The molecule has 0 aromatic carbocycles. The van der Waals surface area contributed by atoms with Gasteiger partial charge in [0.05, 0.1) is 13.2 Å². The van der Waals surface area contributed by atoms with Gasteiger partial charge in [0, 0.05) is 38.3 Å². The van der Waals surface area contributed by atoms with Gasteiger partial charge in [-0.3, -0.25) is 4.90 Å². The zero-order chi connectivity index (χ0) is 10.7. The molecular formula is C12H23NO2. The maximum Gasteiger partial charge on any atom is 0.0618 e. The molecule has 1 saturated heterocycles. The van der Waals surface area contributed by atoms with Gasteiger partial charge < -0.3 is 9.47 Å². The van der Waals surface area contributed by atoms with Gasteiger partial charge in [0.1, 0.15) is 0 Å². The first-order chi connectivity index (χ1) is 7.29. The fourth-order valence-corrected chi connectivity index (χ4v) is 2.36. The van der Waals surface area contributed by atoms with E-state index in [4.69, 9.17) is 9.47 Å². The molecule has 15 heavy (non-hydrogen) atoms. The highest BCUT2D eigenvalue weighted by Crippen LogP contribution is 2.47. The molecule has 2 rings (SSSR count). The third-order valence-corrected chi connectivity index (χ3v) is 3.73. The van der Waals surface area contributed by atoms with Crippen LogP contribution in [0, 0.1) is 5.41 Å². The summed E-state index contributed by atoms with van der Waals surface area (Å²) in [6.07, 6.45) is 4.00. The molecule has 0 aromatic heterocycles. The van der Waals surface area contributed by atoms with Crippen molar-refractivity contribution < 1.29 is 9.47 Å². The third-order valence-electron chi connectivity index (χ3n) is 3.73. The molecule has 2 fully saturated rings. The number of likely N-dealkylation sites (tertiary alicyclic amines) is 1. The molecule has 88 valence electrons. The van der Waals surface area contributed by atoms with Crippen LogP contribution in [0.1, 0.15) is 26.2 Å². The number of nitrogens with zero attached hydrogens (tertiary/aromatic N) is 1. The van der Waals surface area contributed by atoms with Crippen LogP contribution in [-0.4, -0.2) is 51.0 Å². The predicted octanol–water partition coefficient (Wildman–Crippen LogP) is 1.52. The van der Waals surface area contributed by atoms with Gasteiger partial charge in [-0.2, -0.15) is 0 Å². The van der Waals surface area contributed by atoms with Crippen LogP contribution in [0.3, 0.4) is 0 Å². The topological polar surface area (TPSA) is 21.7 Å². The normalized spacial score (nSPS) is 28.8. The summed E-state index contributed by atoms with van der Waals surface area (Å²) >= 11 is 0. The van der Waals surface area contributed by atoms with Gasteiger partial charge in [0.15, 0.2) is 0 Å². The number of methoxy groups -OCH3 is 1. The fourth-order valence-electron chi connectivity index (χ4n) is 2.36. The molecule has 0 aromatic rings. The summed E-state index contributed by atoms with van der Waals surface area (Å²) < 4.78 is 10.8. The van der Waals surface area contributed by atoms with Crippen molar-refractivity contribution in [3.05, 3.63) is 0 Å². The van der Waals surface area contributed by atoms with Crippen molar-refractivity contribution in [3.63, 3.8) is 0 Å². The van der Waals surface area contributed by atoms with Gasteiger partial charge in [-0.05, 0) is 26.2 Å². The second-order valence-corrected chi connectivity index (χ2v) is 5.01. The first-order valence-corrected chi connectivity index (χ1v) is 6.10. The molecular weight excluding hydrogens is 190 g/mol. The Kier molecular flexibility index (Phi) is 3.65. The van der Waals surface area contributed by atoms with Crippen molar-refractivity contribution in [3.8, 4) is 0 Å². The van der Waals surface area contributed by atoms with Gasteiger partial charge in [-0.1, -0.05) is 0 Å². The highest BCUT2D eigenvalue weighted by atomic mass is 16.5. The molecule has 1 unspecified atom stereocenters. The molecule has 0 amide bonds. The Labute approximate surface area is 92.7 Å². The summed E-state index contributed by atoms with van der Waals surface area (Å²) in [7, 11) is 1.80. The van der Waals surface area contributed by atoms with E-state index in [0.717, 1.165) is 19.8 Å². The molecule has 0 N–H and O–H groups in total. The first kappa shape index (κ1) is 11.4. The second-order valence-electron chi connectivity index (χ2n) is 5.01. The molecule has 1 saturated carbocycles. The lowest BCUT2D eigenvalue weighted by atomic mass is 9.99. The van der Waals surface area contributed by atoms with E-state index in [9.17, 15) is 0 Å². The van der Waals surface area contributed by atoms with E-state index in [1.54, 1.807) is 7.11 Å². The minimum atomic E-state index is 0.502. The lowest BCUT2D eigenvalue weighted by molar-refractivity contribution is -0.00645. The Balaban J connectivity index is 1.72. The SMILES string of the molecule is CCOCC1(CN2CCC2COC)CC1. The number of ether oxygens (including phenoxy) is 2. The van der Waals surface area contributed by atoms with Gasteiger partial charge >= 0.3 is 0 Å². The lowest BCUT2D eigenvalue weighted by Crippen LogP contribution is -2.52. The van der Waals surface area contributed by atoms with Crippen LogP contribution in [0.25, 0.3) is 0 Å².